The minimum Gasteiger partial charge on any atom is -0.493 e. The van der Waals surface area contributed by atoms with Gasteiger partial charge in [-0.3, -0.25) is 9.59 Å². The zero-order valence-electron chi connectivity index (χ0n) is 22.2. The van der Waals surface area contributed by atoms with E-state index in [0.717, 1.165) is 29.7 Å². The van der Waals surface area contributed by atoms with Crippen LogP contribution in [0.2, 0.25) is 0 Å². The first-order chi connectivity index (χ1) is 17.9. The normalized spacial score (nSPS) is 14.2. The van der Waals surface area contributed by atoms with E-state index in [2.05, 4.69) is 4.98 Å². The maximum Gasteiger partial charge on any atom is 0.254 e. The number of aromatic amines is 1. The molecule has 3 aromatic rings. The second-order valence-electron chi connectivity index (χ2n) is 9.55. The molecule has 2 aromatic carbocycles. The van der Waals surface area contributed by atoms with Crippen LogP contribution in [0.3, 0.4) is 0 Å². The van der Waals surface area contributed by atoms with Crippen LogP contribution in [0.5, 0.6) is 17.2 Å². The Bertz CT molecular complexity index is 1190. The lowest BCUT2D eigenvalue weighted by atomic mass is 9.96. The lowest BCUT2D eigenvalue weighted by molar-refractivity contribution is -0.132. The van der Waals surface area contributed by atoms with Gasteiger partial charge in [0, 0.05) is 43.6 Å². The van der Waals surface area contributed by atoms with Crippen LogP contribution in [0.25, 0.3) is 11.0 Å². The van der Waals surface area contributed by atoms with Gasteiger partial charge in [-0.2, -0.15) is 0 Å². The summed E-state index contributed by atoms with van der Waals surface area (Å²) >= 11 is 0. The van der Waals surface area contributed by atoms with Gasteiger partial charge in [0.05, 0.1) is 32.4 Å². The number of imidazole rings is 1. The third-order valence-corrected chi connectivity index (χ3v) is 7.00. The molecule has 1 aliphatic heterocycles. The molecule has 198 valence electrons. The summed E-state index contributed by atoms with van der Waals surface area (Å²) in [5.41, 5.74) is 2.44. The number of hydrogen-bond donors (Lipinski definition) is 1. The summed E-state index contributed by atoms with van der Waals surface area (Å²) in [5, 5.41) is 0. The van der Waals surface area contributed by atoms with Crippen molar-refractivity contribution in [2.24, 2.45) is 0 Å². The smallest absolute Gasteiger partial charge is 0.254 e. The number of para-hydroxylation sites is 2. The number of likely N-dealkylation sites (tertiary alicyclic amines) is 1. The molecule has 1 aromatic heterocycles. The predicted octanol–water partition coefficient (Wildman–Crippen LogP) is 4.24. The zero-order valence-corrected chi connectivity index (χ0v) is 22.2. The standard InChI is InChI=1S/C28H36N4O5/c1-18(2)32(28(34)20-16-23(35-3)26(37-5)24(17-20)36-4)15-12-25(33)31-13-10-19(11-14-31)27-29-21-8-6-7-9-22(21)30-27/h6-9,16-19H,10-15H2,1-5H3,(H,29,30). The highest BCUT2D eigenvalue weighted by molar-refractivity contribution is 5.96. The summed E-state index contributed by atoms with van der Waals surface area (Å²) in [6.45, 7) is 5.58. The molecular formula is C28H36N4O5. The number of nitrogens with one attached hydrogen (secondary N) is 1. The van der Waals surface area contributed by atoms with Crippen molar-refractivity contribution in [3.05, 3.63) is 47.8 Å². The van der Waals surface area contributed by atoms with E-state index in [1.54, 1.807) is 17.0 Å². The highest BCUT2D eigenvalue weighted by atomic mass is 16.5. The zero-order chi connectivity index (χ0) is 26.5. The molecule has 9 heteroatoms. The van der Waals surface area contributed by atoms with Crippen LogP contribution in [-0.2, 0) is 4.79 Å². The molecule has 2 amide bonds. The van der Waals surface area contributed by atoms with E-state index in [-0.39, 0.29) is 24.3 Å². The second kappa shape index (κ2) is 11.5. The van der Waals surface area contributed by atoms with Gasteiger partial charge in [0.2, 0.25) is 11.7 Å². The van der Waals surface area contributed by atoms with Gasteiger partial charge in [0.15, 0.2) is 11.5 Å². The molecule has 37 heavy (non-hydrogen) atoms. The minimum atomic E-state index is -0.189. The average molecular weight is 509 g/mol. The molecule has 1 saturated heterocycles. The van der Waals surface area contributed by atoms with Crippen molar-refractivity contribution in [2.75, 3.05) is 41.0 Å². The molecule has 0 saturated carbocycles. The van der Waals surface area contributed by atoms with Crippen molar-refractivity contribution in [2.45, 2.75) is 45.1 Å². The van der Waals surface area contributed by atoms with E-state index < -0.39 is 0 Å². The van der Waals surface area contributed by atoms with Gasteiger partial charge >= 0.3 is 0 Å². The molecule has 0 bridgehead atoms. The Hall–Kier alpha value is -3.75. The molecule has 9 nitrogen and oxygen atoms in total. The molecule has 0 unspecified atom stereocenters. The Morgan fingerprint density at radius 2 is 1.70 bits per heavy atom. The number of hydrogen-bond acceptors (Lipinski definition) is 6. The molecule has 0 atom stereocenters. The third-order valence-electron chi connectivity index (χ3n) is 7.00. The molecular weight excluding hydrogens is 472 g/mol. The number of carbonyl (C=O) groups is 2. The average Bonchev–Trinajstić information content (AvgIpc) is 3.36. The van der Waals surface area contributed by atoms with E-state index in [9.17, 15) is 9.59 Å². The first kappa shape index (κ1) is 26.3. The van der Waals surface area contributed by atoms with Crippen LogP contribution >= 0.6 is 0 Å². The molecule has 0 aliphatic carbocycles. The van der Waals surface area contributed by atoms with Crippen molar-refractivity contribution >= 4 is 22.8 Å². The summed E-state index contributed by atoms with van der Waals surface area (Å²) < 4.78 is 16.2. The fourth-order valence-corrected chi connectivity index (χ4v) is 4.91. The molecule has 4 rings (SSSR count). The Balaban J connectivity index is 1.37. The van der Waals surface area contributed by atoms with Crippen molar-refractivity contribution < 1.29 is 23.8 Å². The molecule has 0 radical (unpaired) electrons. The number of amides is 2. The summed E-state index contributed by atoms with van der Waals surface area (Å²) in [4.78, 5) is 38.3. The van der Waals surface area contributed by atoms with E-state index in [1.807, 2.05) is 43.0 Å². The van der Waals surface area contributed by atoms with Gasteiger partial charge in [-0.25, -0.2) is 4.98 Å². The van der Waals surface area contributed by atoms with Crippen molar-refractivity contribution in [1.82, 2.24) is 19.8 Å². The van der Waals surface area contributed by atoms with E-state index in [0.29, 0.717) is 48.4 Å². The number of piperidine rings is 1. The fourth-order valence-electron chi connectivity index (χ4n) is 4.91. The number of benzene rings is 2. The first-order valence-corrected chi connectivity index (χ1v) is 12.7. The molecule has 1 aliphatic rings. The van der Waals surface area contributed by atoms with Crippen molar-refractivity contribution in [3.63, 3.8) is 0 Å². The van der Waals surface area contributed by atoms with Crippen LogP contribution in [0.4, 0.5) is 0 Å². The molecule has 1 fully saturated rings. The number of aromatic nitrogens is 2. The molecule has 2 heterocycles. The topological polar surface area (TPSA) is 97.0 Å². The summed E-state index contributed by atoms with van der Waals surface area (Å²) in [6, 6.07) is 11.2. The van der Waals surface area contributed by atoms with Crippen molar-refractivity contribution in [1.29, 1.82) is 0 Å². The molecule has 0 spiro atoms. The first-order valence-electron chi connectivity index (χ1n) is 12.7. The Labute approximate surface area is 217 Å². The number of methoxy groups -OCH3 is 3. The lowest BCUT2D eigenvalue weighted by Gasteiger charge is -2.32. The highest BCUT2D eigenvalue weighted by Crippen LogP contribution is 2.38. The third kappa shape index (κ3) is 5.65. The monoisotopic (exact) mass is 508 g/mol. The maximum atomic E-state index is 13.4. The Morgan fingerprint density at radius 1 is 1.05 bits per heavy atom. The van der Waals surface area contributed by atoms with Gasteiger partial charge in [0.25, 0.3) is 5.91 Å². The summed E-state index contributed by atoms with van der Waals surface area (Å²) in [5.74, 6) is 2.44. The second-order valence-corrected chi connectivity index (χ2v) is 9.55. The molecule has 1 N–H and O–H groups in total. The van der Waals surface area contributed by atoms with Crippen LogP contribution < -0.4 is 14.2 Å². The van der Waals surface area contributed by atoms with Crippen LogP contribution in [-0.4, -0.2) is 78.6 Å². The lowest BCUT2D eigenvalue weighted by Crippen LogP contribution is -2.42. The number of fused-ring (bicyclic) bond motifs is 1. The number of carbonyl (C=O) groups excluding carboxylic acids is 2. The quantitative estimate of drug-likeness (QED) is 0.465. The Kier molecular flexibility index (Phi) is 8.21. The van der Waals surface area contributed by atoms with Gasteiger partial charge in [-0.05, 0) is 51.0 Å². The van der Waals surface area contributed by atoms with Crippen LogP contribution in [0, 0.1) is 0 Å². The van der Waals surface area contributed by atoms with Crippen LogP contribution in [0.1, 0.15) is 55.2 Å². The van der Waals surface area contributed by atoms with Gasteiger partial charge < -0.3 is 29.0 Å². The predicted molar refractivity (Wildman–Crippen MR) is 142 cm³/mol. The number of H-pyrrole nitrogens is 1. The minimum absolute atomic E-state index is 0.0615. The Morgan fingerprint density at radius 3 is 2.27 bits per heavy atom. The van der Waals surface area contributed by atoms with Gasteiger partial charge in [-0.1, -0.05) is 12.1 Å². The number of ether oxygens (including phenoxy) is 3. The van der Waals surface area contributed by atoms with E-state index >= 15 is 0 Å². The van der Waals surface area contributed by atoms with Gasteiger partial charge in [-0.15, -0.1) is 0 Å². The van der Waals surface area contributed by atoms with E-state index in [4.69, 9.17) is 19.2 Å². The fraction of sp³-hybridized carbons (Fsp3) is 0.464. The summed E-state index contributed by atoms with van der Waals surface area (Å²) in [7, 11) is 4.55. The van der Waals surface area contributed by atoms with E-state index in [1.165, 1.54) is 21.3 Å². The largest absolute Gasteiger partial charge is 0.493 e. The van der Waals surface area contributed by atoms with Crippen LogP contribution in [0.15, 0.2) is 36.4 Å². The SMILES string of the molecule is COc1cc(C(=O)N(CCC(=O)N2CCC(c3nc4ccccc4[nH]3)CC2)C(C)C)cc(OC)c1OC. The number of rotatable bonds is 9. The van der Waals surface area contributed by atoms with Gasteiger partial charge in [0.1, 0.15) is 5.82 Å². The highest BCUT2D eigenvalue weighted by Gasteiger charge is 2.28. The maximum absolute atomic E-state index is 13.4. The van der Waals surface area contributed by atoms with Crippen molar-refractivity contribution in [3.8, 4) is 17.2 Å². The summed E-state index contributed by atoms with van der Waals surface area (Å²) in [6.07, 6.45) is 2.00. The number of nitrogens with zero attached hydrogens (tertiary/aromatic N) is 3.